The molecule has 0 aliphatic carbocycles. The van der Waals surface area contributed by atoms with E-state index < -0.39 is 0 Å². The van der Waals surface area contributed by atoms with Gasteiger partial charge in [0.15, 0.2) is 0 Å². The number of nitrogens with two attached hydrogens (primary N) is 1. The molecule has 1 amide bonds. The number of carbonyl (C=O) groups excluding carboxylic acids is 1. The van der Waals surface area contributed by atoms with E-state index in [1.165, 1.54) is 6.07 Å². The number of carbonyl (C=O) groups is 1. The largest absolute Gasteiger partial charge is 0.370 e. The molecule has 0 aliphatic heterocycles. The van der Waals surface area contributed by atoms with Gasteiger partial charge in [-0.2, -0.15) is 0 Å². The second-order valence-electron chi connectivity index (χ2n) is 3.98. The van der Waals surface area contributed by atoms with Gasteiger partial charge in [0.1, 0.15) is 5.82 Å². The minimum Gasteiger partial charge on any atom is -0.370 e. The Balaban J connectivity index is 2.62. The van der Waals surface area contributed by atoms with Crippen LogP contribution in [0.3, 0.4) is 0 Å². The summed E-state index contributed by atoms with van der Waals surface area (Å²) in [6.45, 7) is 3.71. The van der Waals surface area contributed by atoms with Crippen LogP contribution >= 0.6 is 0 Å². The third-order valence-corrected chi connectivity index (χ3v) is 2.41. The highest BCUT2D eigenvalue weighted by atomic mass is 19.1. The number of hydrogen-bond acceptors (Lipinski definition) is 2. The van der Waals surface area contributed by atoms with Crippen molar-refractivity contribution in [2.75, 3.05) is 0 Å². The molecule has 0 fully saturated rings. The Morgan fingerprint density at radius 1 is 1.44 bits per heavy atom. The quantitative estimate of drug-likeness (QED) is 0.800. The van der Waals surface area contributed by atoms with Gasteiger partial charge in [0.2, 0.25) is 5.91 Å². The van der Waals surface area contributed by atoms with E-state index in [1.807, 2.05) is 13.8 Å². The van der Waals surface area contributed by atoms with E-state index in [0.29, 0.717) is 5.56 Å². The topological polar surface area (TPSA) is 55.1 Å². The monoisotopic (exact) mass is 224 g/mol. The molecule has 1 aromatic rings. The molecular weight excluding hydrogens is 207 g/mol. The molecule has 4 heteroatoms. The number of primary amides is 1. The fraction of sp³-hybridized carbons (Fsp3) is 0.417. The van der Waals surface area contributed by atoms with Crippen LogP contribution < -0.4 is 11.1 Å². The highest BCUT2D eigenvalue weighted by Crippen LogP contribution is 2.16. The average Bonchev–Trinajstić information content (AvgIpc) is 2.16. The first kappa shape index (κ1) is 12.6. The van der Waals surface area contributed by atoms with Crippen LogP contribution in [0.2, 0.25) is 0 Å². The van der Waals surface area contributed by atoms with Crippen molar-refractivity contribution in [2.24, 2.45) is 5.73 Å². The van der Waals surface area contributed by atoms with Gasteiger partial charge >= 0.3 is 0 Å². The highest BCUT2D eigenvalue weighted by molar-refractivity contribution is 5.74. The maximum absolute atomic E-state index is 13.4. The van der Waals surface area contributed by atoms with Crippen molar-refractivity contribution in [3.63, 3.8) is 0 Å². The Kier molecular flexibility index (Phi) is 4.43. The Morgan fingerprint density at radius 2 is 2.06 bits per heavy atom. The summed E-state index contributed by atoms with van der Waals surface area (Å²) in [5.41, 5.74) is 5.68. The lowest BCUT2D eigenvalue weighted by Crippen LogP contribution is -2.33. The number of benzene rings is 1. The maximum Gasteiger partial charge on any atom is 0.218 e. The van der Waals surface area contributed by atoms with Crippen LogP contribution in [0.4, 0.5) is 4.39 Å². The summed E-state index contributed by atoms with van der Waals surface area (Å²) in [6, 6.07) is 6.38. The first-order valence-corrected chi connectivity index (χ1v) is 5.29. The summed E-state index contributed by atoms with van der Waals surface area (Å²) in [5.74, 6) is -0.602. The van der Waals surface area contributed by atoms with E-state index in [1.54, 1.807) is 18.2 Å². The van der Waals surface area contributed by atoms with Gasteiger partial charge in [0, 0.05) is 24.1 Å². The van der Waals surface area contributed by atoms with E-state index in [-0.39, 0.29) is 30.2 Å². The molecule has 0 aliphatic rings. The minimum absolute atomic E-state index is 0.0629. The zero-order chi connectivity index (χ0) is 12.1. The van der Waals surface area contributed by atoms with Crippen LogP contribution in [0.15, 0.2) is 24.3 Å². The maximum atomic E-state index is 13.4. The van der Waals surface area contributed by atoms with Crippen LogP contribution in [0, 0.1) is 5.82 Å². The van der Waals surface area contributed by atoms with Gasteiger partial charge in [0.25, 0.3) is 0 Å². The second kappa shape index (κ2) is 5.61. The smallest absolute Gasteiger partial charge is 0.218 e. The van der Waals surface area contributed by atoms with Gasteiger partial charge < -0.3 is 11.1 Å². The minimum atomic E-state index is -0.360. The molecule has 3 nitrogen and oxygen atoms in total. The molecule has 2 unspecified atom stereocenters. The zero-order valence-corrected chi connectivity index (χ0v) is 9.53. The summed E-state index contributed by atoms with van der Waals surface area (Å²) >= 11 is 0. The Bertz CT molecular complexity index is 368. The summed E-state index contributed by atoms with van der Waals surface area (Å²) in [7, 11) is 0. The van der Waals surface area contributed by atoms with Gasteiger partial charge in [0.05, 0.1) is 0 Å². The number of hydrogen-bond donors (Lipinski definition) is 2. The van der Waals surface area contributed by atoms with Gasteiger partial charge in [-0.05, 0) is 19.9 Å². The molecule has 0 saturated heterocycles. The molecule has 0 heterocycles. The summed E-state index contributed by atoms with van der Waals surface area (Å²) in [6.07, 6.45) is 0.249. The lowest BCUT2D eigenvalue weighted by Gasteiger charge is -2.19. The molecule has 0 radical (unpaired) electrons. The van der Waals surface area contributed by atoms with E-state index in [9.17, 15) is 9.18 Å². The summed E-state index contributed by atoms with van der Waals surface area (Å²) in [4.78, 5) is 10.7. The molecule has 88 valence electrons. The fourth-order valence-electron chi connectivity index (χ4n) is 1.70. The van der Waals surface area contributed by atoms with Crippen LogP contribution in [0.1, 0.15) is 31.9 Å². The molecule has 0 aromatic heterocycles. The number of amides is 1. The third kappa shape index (κ3) is 3.62. The highest BCUT2D eigenvalue weighted by Gasteiger charge is 2.13. The van der Waals surface area contributed by atoms with Gasteiger partial charge in [-0.25, -0.2) is 4.39 Å². The van der Waals surface area contributed by atoms with E-state index >= 15 is 0 Å². The molecule has 16 heavy (non-hydrogen) atoms. The lowest BCUT2D eigenvalue weighted by atomic mass is 10.1. The van der Waals surface area contributed by atoms with Crippen LogP contribution in [-0.2, 0) is 4.79 Å². The standard InChI is InChI=1S/C12H17FN2O/c1-8(7-12(14)16)15-9(2)10-5-3-4-6-11(10)13/h3-6,8-9,15H,7H2,1-2H3,(H2,14,16). The number of rotatable bonds is 5. The first-order chi connectivity index (χ1) is 7.50. The van der Waals surface area contributed by atoms with Crippen molar-refractivity contribution >= 4 is 5.91 Å². The summed E-state index contributed by atoms with van der Waals surface area (Å²) < 4.78 is 13.4. The first-order valence-electron chi connectivity index (χ1n) is 5.29. The van der Waals surface area contributed by atoms with Crippen molar-refractivity contribution in [1.82, 2.24) is 5.32 Å². The fourth-order valence-corrected chi connectivity index (χ4v) is 1.70. The molecule has 0 bridgehead atoms. The van der Waals surface area contributed by atoms with Gasteiger partial charge in [-0.3, -0.25) is 4.79 Å². The number of nitrogens with one attached hydrogen (secondary N) is 1. The Hall–Kier alpha value is -1.42. The average molecular weight is 224 g/mol. The van der Waals surface area contributed by atoms with Crippen LogP contribution in [0.5, 0.6) is 0 Å². The van der Waals surface area contributed by atoms with Gasteiger partial charge in [-0.1, -0.05) is 18.2 Å². The van der Waals surface area contributed by atoms with Crippen molar-refractivity contribution < 1.29 is 9.18 Å². The normalized spacial score (nSPS) is 14.4. The van der Waals surface area contributed by atoms with Crippen molar-refractivity contribution in [1.29, 1.82) is 0 Å². The van der Waals surface area contributed by atoms with E-state index in [2.05, 4.69) is 5.32 Å². The van der Waals surface area contributed by atoms with Crippen molar-refractivity contribution in [2.45, 2.75) is 32.4 Å². The summed E-state index contributed by atoms with van der Waals surface area (Å²) in [5, 5.41) is 3.13. The molecular formula is C12H17FN2O. The molecule has 0 saturated carbocycles. The van der Waals surface area contributed by atoms with Gasteiger partial charge in [-0.15, -0.1) is 0 Å². The number of halogens is 1. The van der Waals surface area contributed by atoms with E-state index in [4.69, 9.17) is 5.73 Å². The van der Waals surface area contributed by atoms with E-state index in [0.717, 1.165) is 0 Å². The third-order valence-electron chi connectivity index (χ3n) is 2.41. The molecule has 3 N–H and O–H groups in total. The molecule has 1 rings (SSSR count). The second-order valence-corrected chi connectivity index (χ2v) is 3.98. The van der Waals surface area contributed by atoms with Crippen molar-refractivity contribution in [3.8, 4) is 0 Å². The van der Waals surface area contributed by atoms with Crippen molar-refractivity contribution in [3.05, 3.63) is 35.6 Å². The predicted molar refractivity (Wildman–Crippen MR) is 61.2 cm³/mol. The SMILES string of the molecule is CC(CC(N)=O)NC(C)c1ccccc1F. The molecule has 1 aromatic carbocycles. The molecule has 2 atom stereocenters. The Morgan fingerprint density at radius 3 is 2.62 bits per heavy atom. The molecule has 0 spiro atoms. The lowest BCUT2D eigenvalue weighted by molar-refractivity contribution is -0.118. The Labute approximate surface area is 94.8 Å². The van der Waals surface area contributed by atoms with Crippen LogP contribution in [0.25, 0.3) is 0 Å². The predicted octanol–water partition coefficient (Wildman–Crippen LogP) is 1.74. The van der Waals surface area contributed by atoms with Crippen LogP contribution in [-0.4, -0.2) is 11.9 Å². The zero-order valence-electron chi connectivity index (χ0n) is 9.53.